The summed E-state index contributed by atoms with van der Waals surface area (Å²) < 4.78 is 5.22. The molecule has 0 radical (unpaired) electrons. The maximum atomic E-state index is 13.1. The van der Waals surface area contributed by atoms with Gasteiger partial charge in [-0.2, -0.15) is 0 Å². The number of benzene rings is 1. The molecule has 1 spiro atoms. The van der Waals surface area contributed by atoms with Crippen LogP contribution in [0.25, 0.3) is 0 Å². The predicted molar refractivity (Wildman–Crippen MR) is 114 cm³/mol. The topological polar surface area (TPSA) is 85.4 Å². The summed E-state index contributed by atoms with van der Waals surface area (Å²) in [6.07, 6.45) is 0.334. The van der Waals surface area contributed by atoms with Crippen LogP contribution in [0.1, 0.15) is 13.3 Å². The fraction of sp³-hybridized carbons (Fsp3) is 0.571. The minimum Gasteiger partial charge on any atom is -0.497 e. The van der Waals surface area contributed by atoms with Gasteiger partial charge in [0.05, 0.1) is 7.11 Å². The Bertz CT molecular complexity index is 814. The Labute approximate surface area is 177 Å². The molecule has 0 bridgehead atoms. The Balaban J connectivity index is 1.82. The Kier molecular flexibility index (Phi) is 6.38. The number of ether oxygens (including phenoxy) is 1. The molecule has 2 heterocycles. The van der Waals surface area contributed by atoms with Crippen LogP contribution in [0.3, 0.4) is 0 Å². The zero-order valence-corrected chi connectivity index (χ0v) is 18.2. The second-order valence-corrected chi connectivity index (χ2v) is 8.27. The highest BCUT2D eigenvalue weighted by Gasteiger charge is 2.47. The highest BCUT2D eigenvalue weighted by molar-refractivity contribution is 5.90. The molecule has 1 atom stereocenters. The molecule has 1 aromatic carbocycles. The average molecular weight is 418 g/mol. The molecule has 9 heteroatoms. The van der Waals surface area contributed by atoms with Crippen molar-refractivity contribution in [3.8, 4) is 5.75 Å². The van der Waals surface area contributed by atoms with Crippen LogP contribution in [-0.4, -0.2) is 98.0 Å². The van der Waals surface area contributed by atoms with Crippen molar-refractivity contribution in [1.82, 2.24) is 19.6 Å². The molecule has 1 aromatic rings. The molecule has 0 aromatic heterocycles. The van der Waals surface area contributed by atoms with Gasteiger partial charge in [0.15, 0.2) is 0 Å². The lowest BCUT2D eigenvalue weighted by Crippen LogP contribution is -2.47. The number of hydrogen-bond donors (Lipinski definition) is 1. The maximum absolute atomic E-state index is 13.1. The van der Waals surface area contributed by atoms with Gasteiger partial charge in [-0.05, 0) is 19.1 Å². The first-order valence-electron chi connectivity index (χ1n) is 10.2. The SMILES string of the molecule is CCN1CC2(CC1=O)CN(C(=O)Nc1cccc(OC)c1)CCN(C(=O)N(C)C)C2. The van der Waals surface area contributed by atoms with E-state index in [9.17, 15) is 14.4 Å². The monoisotopic (exact) mass is 417 g/mol. The third kappa shape index (κ3) is 4.60. The Morgan fingerprint density at radius 1 is 1.17 bits per heavy atom. The van der Waals surface area contributed by atoms with E-state index in [-0.39, 0.29) is 18.0 Å². The van der Waals surface area contributed by atoms with Crippen LogP contribution in [0.15, 0.2) is 24.3 Å². The fourth-order valence-corrected chi connectivity index (χ4v) is 4.26. The summed E-state index contributed by atoms with van der Waals surface area (Å²) in [6.45, 7) is 4.81. The van der Waals surface area contributed by atoms with Crippen molar-refractivity contribution < 1.29 is 19.1 Å². The number of hydrogen-bond acceptors (Lipinski definition) is 4. The Morgan fingerprint density at radius 2 is 1.87 bits per heavy atom. The second-order valence-electron chi connectivity index (χ2n) is 8.27. The lowest BCUT2D eigenvalue weighted by Gasteiger charge is -2.34. The van der Waals surface area contributed by atoms with Gasteiger partial charge in [0.1, 0.15) is 5.75 Å². The lowest BCUT2D eigenvalue weighted by atomic mass is 9.86. The van der Waals surface area contributed by atoms with Crippen molar-refractivity contribution in [1.29, 1.82) is 0 Å². The minimum atomic E-state index is -0.471. The number of nitrogens with one attached hydrogen (secondary N) is 1. The molecular weight excluding hydrogens is 386 g/mol. The Morgan fingerprint density at radius 3 is 2.50 bits per heavy atom. The summed E-state index contributed by atoms with van der Waals surface area (Å²) in [5.74, 6) is 0.729. The summed E-state index contributed by atoms with van der Waals surface area (Å²) in [5.41, 5.74) is 0.164. The van der Waals surface area contributed by atoms with Crippen molar-refractivity contribution in [3.05, 3.63) is 24.3 Å². The maximum Gasteiger partial charge on any atom is 0.321 e. The van der Waals surface area contributed by atoms with Crippen LogP contribution in [-0.2, 0) is 4.79 Å². The highest BCUT2D eigenvalue weighted by Crippen LogP contribution is 2.35. The zero-order chi connectivity index (χ0) is 21.9. The van der Waals surface area contributed by atoms with E-state index in [0.717, 1.165) is 0 Å². The molecule has 2 fully saturated rings. The van der Waals surface area contributed by atoms with E-state index in [1.165, 1.54) is 4.90 Å². The van der Waals surface area contributed by atoms with Crippen molar-refractivity contribution >= 4 is 23.7 Å². The minimum absolute atomic E-state index is 0.0739. The third-order valence-electron chi connectivity index (χ3n) is 5.74. The average Bonchev–Trinajstić information content (AvgIpc) is 2.91. The molecule has 1 N–H and O–H groups in total. The number of carbonyl (C=O) groups is 3. The number of rotatable bonds is 3. The summed E-state index contributed by atoms with van der Waals surface area (Å²) in [4.78, 5) is 45.1. The van der Waals surface area contributed by atoms with Gasteiger partial charge in [-0.3, -0.25) is 4.79 Å². The largest absolute Gasteiger partial charge is 0.497 e. The fourth-order valence-electron chi connectivity index (χ4n) is 4.26. The van der Waals surface area contributed by atoms with Crippen LogP contribution in [0.2, 0.25) is 0 Å². The quantitative estimate of drug-likeness (QED) is 0.812. The van der Waals surface area contributed by atoms with Gasteiger partial charge in [0.25, 0.3) is 0 Å². The van der Waals surface area contributed by atoms with Crippen molar-refractivity contribution in [3.63, 3.8) is 0 Å². The lowest BCUT2D eigenvalue weighted by molar-refractivity contribution is -0.127. The molecule has 9 nitrogen and oxygen atoms in total. The summed E-state index contributed by atoms with van der Waals surface area (Å²) >= 11 is 0. The molecule has 1 unspecified atom stereocenters. The molecular formula is C21H31N5O4. The molecule has 2 aliphatic heterocycles. The molecule has 164 valence electrons. The van der Waals surface area contributed by atoms with Gasteiger partial charge < -0.3 is 29.7 Å². The van der Waals surface area contributed by atoms with Gasteiger partial charge in [-0.25, -0.2) is 9.59 Å². The van der Waals surface area contributed by atoms with E-state index < -0.39 is 5.41 Å². The predicted octanol–water partition coefficient (Wildman–Crippen LogP) is 1.76. The molecule has 3 rings (SSSR count). The van der Waals surface area contributed by atoms with Crippen LogP contribution < -0.4 is 10.1 Å². The van der Waals surface area contributed by atoms with Crippen LogP contribution >= 0.6 is 0 Å². The summed E-state index contributed by atoms with van der Waals surface area (Å²) in [7, 11) is 5.00. The van der Waals surface area contributed by atoms with Gasteiger partial charge in [0, 0.05) is 77.0 Å². The number of methoxy groups -OCH3 is 1. The van der Waals surface area contributed by atoms with E-state index in [1.807, 2.05) is 24.0 Å². The smallest absolute Gasteiger partial charge is 0.321 e. The number of urea groups is 2. The van der Waals surface area contributed by atoms with E-state index in [1.54, 1.807) is 43.1 Å². The number of amides is 5. The summed E-state index contributed by atoms with van der Waals surface area (Å²) in [6, 6.07) is 6.82. The second kappa shape index (κ2) is 8.81. The first kappa shape index (κ1) is 21.7. The third-order valence-corrected chi connectivity index (χ3v) is 5.74. The highest BCUT2D eigenvalue weighted by atomic mass is 16.5. The van der Waals surface area contributed by atoms with Crippen molar-refractivity contribution in [2.45, 2.75) is 13.3 Å². The summed E-state index contributed by atoms with van der Waals surface area (Å²) in [5, 5.41) is 2.92. The first-order valence-corrected chi connectivity index (χ1v) is 10.2. The van der Waals surface area contributed by atoms with Crippen LogP contribution in [0.5, 0.6) is 5.75 Å². The molecule has 2 aliphatic rings. The van der Waals surface area contributed by atoms with Crippen LogP contribution in [0.4, 0.5) is 15.3 Å². The standard InChI is InChI=1S/C21H31N5O4/c1-5-24-13-21(12-18(24)27)14-25(9-10-26(15-21)20(29)23(2)3)19(28)22-16-7-6-8-17(11-16)30-4/h6-8,11H,5,9-10,12-15H2,1-4H3,(H,22,28). The first-order chi connectivity index (χ1) is 14.3. The van der Waals surface area contributed by atoms with Gasteiger partial charge in [0.2, 0.25) is 5.91 Å². The van der Waals surface area contributed by atoms with Crippen LogP contribution in [0, 0.1) is 5.41 Å². The molecule has 5 amide bonds. The van der Waals surface area contributed by atoms with Gasteiger partial charge in [-0.1, -0.05) is 6.07 Å². The molecule has 2 saturated heterocycles. The zero-order valence-electron chi connectivity index (χ0n) is 18.2. The van der Waals surface area contributed by atoms with Crippen molar-refractivity contribution in [2.75, 3.05) is 65.8 Å². The molecule has 30 heavy (non-hydrogen) atoms. The normalized spacial score (nSPS) is 21.6. The van der Waals surface area contributed by atoms with E-state index in [0.29, 0.717) is 57.1 Å². The van der Waals surface area contributed by atoms with E-state index in [2.05, 4.69) is 5.32 Å². The molecule has 0 saturated carbocycles. The van der Waals surface area contributed by atoms with Crippen molar-refractivity contribution in [2.24, 2.45) is 5.41 Å². The number of nitrogens with zero attached hydrogens (tertiary/aromatic N) is 4. The Hall–Kier alpha value is -2.97. The number of anilines is 1. The van der Waals surface area contributed by atoms with Gasteiger partial charge >= 0.3 is 12.1 Å². The van der Waals surface area contributed by atoms with E-state index in [4.69, 9.17) is 4.74 Å². The number of likely N-dealkylation sites (tertiary alicyclic amines) is 1. The van der Waals surface area contributed by atoms with E-state index >= 15 is 0 Å². The molecule has 0 aliphatic carbocycles. The van der Waals surface area contributed by atoms with Gasteiger partial charge in [-0.15, -0.1) is 0 Å². The number of carbonyl (C=O) groups excluding carboxylic acids is 3.